The zero-order valence-electron chi connectivity index (χ0n) is 16.9. The molecule has 1 aromatic heterocycles. The molecule has 31 heavy (non-hydrogen) atoms. The molecule has 0 fully saturated rings. The van der Waals surface area contributed by atoms with Gasteiger partial charge in [0.25, 0.3) is 5.91 Å². The van der Waals surface area contributed by atoms with Crippen LogP contribution in [0.25, 0.3) is 16.6 Å². The summed E-state index contributed by atoms with van der Waals surface area (Å²) in [7, 11) is 0. The van der Waals surface area contributed by atoms with E-state index in [9.17, 15) is 22.8 Å². The third-order valence-electron chi connectivity index (χ3n) is 4.48. The maximum absolute atomic E-state index is 12.3. The van der Waals surface area contributed by atoms with E-state index < -0.39 is 23.7 Å². The number of fused-ring (bicyclic) bond motifs is 1. The molecule has 0 spiro atoms. The van der Waals surface area contributed by atoms with E-state index in [1.54, 1.807) is 23.0 Å². The van der Waals surface area contributed by atoms with Crippen molar-refractivity contribution < 1.29 is 27.5 Å². The predicted octanol–water partition coefficient (Wildman–Crippen LogP) is 3.10. The molecule has 1 amide bonds. The van der Waals surface area contributed by atoms with Crippen molar-refractivity contribution in [1.29, 1.82) is 0 Å². The van der Waals surface area contributed by atoms with Gasteiger partial charge in [-0.15, -0.1) is 0 Å². The van der Waals surface area contributed by atoms with Crippen LogP contribution in [0.15, 0.2) is 48.7 Å². The van der Waals surface area contributed by atoms with Crippen molar-refractivity contribution in [2.75, 3.05) is 6.54 Å². The quantitative estimate of drug-likeness (QED) is 0.557. The third-order valence-corrected chi connectivity index (χ3v) is 4.48. The molecule has 0 saturated heterocycles. The van der Waals surface area contributed by atoms with Gasteiger partial charge in [-0.05, 0) is 37.6 Å². The number of nitrogens with two attached hydrogens (primary N) is 1. The largest absolute Gasteiger partial charge is 0.490 e. The monoisotopic (exact) mass is 434 g/mol. The summed E-state index contributed by atoms with van der Waals surface area (Å²) < 4.78 is 43.2. The first-order valence-corrected chi connectivity index (χ1v) is 9.35. The molecule has 164 valence electrons. The molecule has 0 aliphatic rings. The number of hydrogen-bond acceptors (Lipinski definition) is 5. The maximum Gasteiger partial charge on any atom is 0.490 e. The van der Waals surface area contributed by atoms with E-state index in [2.05, 4.69) is 15.2 Å². The van der Waals surface area contributed by atoms with Crippen molar-refractivity contribution in [2.24, 2.45) is 5.73 Å². The Balaban J connectivity index is 1.63. The van der Waals surface area contributed by atoms with E-state index in [-0.39, 0.29) is 6.54 Å². The molecule has 3 N–H and O–H groups in total. The van der Waals surface area contributed by atoms with Crippen LogP contribution in [0.1, 0.15) is 29.8 Å². The van der Waals surface area contributed by atoms with E-state index in [1.807, 2.05) is 30.3 Å². The maximum atomic E-state index is 12.3. The SMILES string of the molecule is CC(C)(CNCc1ccc(-n2cc3cccc(C(N)=O)c3n2)cc1)OC(=O)C(F)(F)F. The van der Waals surface area contributed by atoms with Gasteiger partial charge < -0.3 is 15.8 Å². The first-order valence-electron chi connectivity index (χ1n) is 9.35. The predicted molar refractivity (Wildman–Crippen MR) is 108 cm³/mol. The van der Waals surface area contributed by atoms with E-state index >= 15 is 0 Å². The number of benzene rings is 2. The average Bonchev–Trinajstić information content (AvgIpc) is 3.11. The summed E-state index contributed by atoms with van der Waals surface area (Å²) in [6, 6.07) is 12.5. The second-order valence-corrected chi connectivity index (χ2v) is 7.60. The standard InChI is InChI=1S/C21H21F3N4O3/c1-20(2,31-19(30)21(22,23)24)12-26-10-13-6-8-15(9-7-13)28-11-14-4-3-5-16(18(25)29)17(14)27-28/h3-9,11,26H,10,12H2,1-2H3,(H2,25,29). The van der Waals surface area contributed by atoms with Gasteiger partial charge in [0, 0.05) is 24.7 Å². The fourth-order valence-electron chi connectivity index (χ4n) is 3.00. The molecule has 0 atom stereocenters. The van der Waals surface area contributed by atoms with Crippen LogP contribution < -0.4 is 11.1 Å². The lowest BCUT2D eigenvalue weighted by atomic mass is 10.1. The van der Waals surface area contributed by atoms with Gasteiger partial charge in [-0.25, -0.2) is 9.48 Å². The van der Waals surface area contributed by atoms with Crippen LogP contribution in [0.5, 0.6) is 0 Å². The zero-order chi connectivity index (χ0) is 22.8. The number of carbonyl (C=O) groups excluding carboxylic acids is 2. The topological polar surface area (TPSA) is 99.2 Å². The van der Waals surface area contributed by atoms with Crippen LogP contribution in [0.4, 0.5) is 13.2 Å². The number of aromatic nitrogens is 2. The lowest BCUT2D eigenvalue weighted by Crippen LogP contribution is -2.42. The molecule has 0 radical (unpaired) electrons. The van der Waals surface area contributed by atoms with Crippen molar-refractivity contribution in [3.05, 3.63) is 59.8 Å². The number of esters is 1. The van der Waals surface area contributed by atoms with Crippen LogP contribution in [0.3, 0.4) is 0 Å². The Morgan fingerprint density at radius 1 is 1.13 bits per heavy atom. The summed E-state index contributed by atoms with van der Waals surface area (Å²) in [4.78, 5) is 22.6. The fourth-order valence-corrected chi connectivity index (χ4v) is 3.00. The van der Waals surface area contributed by atoms with Crippen LogP contribution in [-0.2, 0) is 16.1 Å². The second-order valence-electron chi connectivity index (χ2n) is 7.60. The Labute approximate surface area is 176 Å². The number of hydrogen-bond donors (Lipinski definition) is 2. The van der Waals surface area contributed by atoms with Crippen LogP contribution in [0, 0.1) is 0 Å². The van der Waals surface area contributed by atoms with Crippen molar-refractivity contribution in [3.63, 3.8) is 0 Å². The molecule has 0 bridgehead atoms. The van der Waals surface area contributed by atoms with E-state index in [1.165, 1.54) is 13.8 Å². The smallest absolute Gasteiger partial charge is 0.452 e. The molecule has 0 saturated carbocycles. The van der Waals surface area contributed by atoms with E-state index in [4.69, 9.17) is 5.73 Å². The van der Waals surface area contributed by atoms with Gasteiger partial charge in [0.1, 0.15) is 11.1 Å². The van der Waals surface area contributed by atoms with Crippen molar-refractivity contribution in [1.82, 2.24) is 15.1 Å². The van der Waals surface area contributed by atoms with Crippen molar-refractivity contribution in [2.45, 2.75) is 32.2 Å². The van der Waals surface area contributed by atoms with Gasteiger partial charge in [-0.1, -0.05) is 24.3 Å². The number of halogens is 3. The lowest BCUT2D eigenvalue weighted by Gasteiger charge is -2.26. The van der Waals surface area contributed by atoms with Crippen molar-refractivity contribution in [3.8, 4) is 5.69 Å². The number of ether oxygens (including phenoxy) is 1. The molecule has 0 unspecified atom stereocenters. The minimum atomic E-state index is -5.03. The first kappa shape index (κ1) is 22.3. The summed E-state index contributed by atoms with van der Waals surface area (Å²) in [6.45, 7) is 3.20. The van der Waals surface area contributed by atoms with Gasteiger partial charge in [0.2, 0.25) is 0 Å². The second kappa shape index (κ2) is 8.38. The lowest BCUT2D eigenvalue weighted by molar-refractivity contribution is -0.211. The van der Waals surface area contributed by atoms with Crippen LogP contribution in [-0.4, -0.2) is 40.0 Å². The summed E-state index contributed by atoms with van der Waals surface area (Å²) in [6.07, 6.45) is -3.24. The Bertz CT molecular complexity index is 1110. The average molecular weight is 434 g/mol. The number of amides is 1. The Hall–Kier alpha value is -3.40. The number of primary amides is 1. The van der Waals surface area contributed by atoms with E-state index in [0.29, 0.717) is 17.6 Å². The van der Waals surface area contributed by atoms with Crippen molar-refractivity contribution >= 4 is 22.8 Å². The number of nitrogens with zero attached hydrogens (tertiary/aromatic N) is 2. The summed E-state index contributed by atoms with van der Waals surface area (Å²) in [5.74, 6) is -2.77. The van der Waals surface area contributed by atoms with Gasteiger partial charge >= 0.3 is 12.1 Å². The number of nitrogens with one attached hydrogen (secondary N) is 1. The molecule has 3 rings (SSSR count). The fraction of sp³-hybridized carbons (Fsp3) is 0.286. The molecule has 0 aliphatic carbocycles. The highest BCUT2D eigenvalue weighted by atomic mass is 19.4. The minimum Gasteiger partial charge on any atom is -0.452 e. The minimum absolute atomic E-state index is 0.0387. The highest BCUT2D eigenvalue weighted by Gasteiger charge is 2.43. The van der Waals surface area contributed by atoms with Crippen LogP contribution in [0.2, 0.25) is 0 Å². The number of carbonyl (C=O) groups is 2. The van der Waals surface area contributed by atoms with E-state index in [0.717, 1.165) is 16.6 Å². The van der Waals surface area contributed by atoms with Gasteiger partial charge in [0.05, 0.1) is 11.3 Å². The summed E-state index contributed by atoms with van der Waals surface area (Å²) >= 11 is 0. The summed E-state index contributed by atoms with van der Waals surface area (Å²) in [5.41, 5.74) is 6.55. The Morgan fingerprint density at radius 3 is 2.42 bits per heavy atom. The normalized spacial score (nSPS) is 12.2. The molecule has 3 aromatic rings. The number of alkyl halides is 3. The highest BCUT2D eigenvalue weighted by molar-refractivity contribution is 6.04. The summed E-state index contributed by atoms with van der Waals surface area (Å²) in [5, 5.41) is 8.19. The van der Waals surface area contributed by atoms with Gasteiger partial charge in [0.15, 0.2) is 0 Å². The molecular formula is C21H21F3N4O3. The van der Waals surface area contributed by atoms with Gasteiger partial charge in [-0.3, -0.25) is 4.79 Å². The zero-order valence-corrected chi connectivity index (χ0v) is 16.9. The molecule has 10 heteroatoms. The molecular weight excluding hydrogens is 413 g/mol. The van der Waals surface area contributed by atoms with Crippen LogP contribution >= 0.6 is 0 Å². The first-order chi connectivity index (χ1) is 14.5. The third kappa shape index (κ3) is 5.40. The Kier molecular flexibility index (Phi) is 6.03. The highest BCUT2D eigenvalue weighted by Crippen LogP contribution is 2.22. The Morgan fingerprint density at radius 2 is 1.81 bits per heavy atom. The molecule has 1 heterocycles. The molecule has 0 aliphatic heterocycles. The molecule has 2 aromatic carbocycles. The molecule has 7 nitrogen and oxygen atoms in total. The number of rotatable bonds is 7. The van der Waals surface area contributed by atoms with Gasteiger partial charge in [-0.2, -0.15) is 18.3 Å².